The van der Waals surface area contributed by atoms with E-state index in [2.05, 4.69) is 5.32 Å². The summed E-state index contributed by atoms with van der Waals surface area (Å²) in [5.74, 6) is 0.388. The van der Waals surface area contributed by atoms with E-state index in [1.165, 1.54) is 23.9 Å². The fraction of sp³-hybridized carbons (Fsp3) is 0.391. The number of hydrogen-bond acceptors (Lipinski definition) is 3. The largest absolute Gasteiger partial charge is 0.352 e. The summed E-state index contributed by atoms with van der Waals surface area (Å²) >= 11 is 1.52. The average Bonchev–Trinajstić information content (AvgIpc) is 2.73. The van der Waals surface area contributed by atoms with Crippen molar-refractivity contribution in [3.63, 3.8) is 0 Å². The van der Waals surface area contributed by atoms with Crippen molar-refractivity contribution in [1.29, 1.82) is 0 Å². The molecule has 2 rings (SSSR count). The van der Waals surface area contributed by atoms with Crippen LogP contribution in [0.2, 0.25) is 0 Å². The first-order chi connectivity index (χ1) is 13.9. The van der Waals surface area contributed by atoms with Crippen molar-refractivity contribution in [2.75, 3.05) is 5.75 Å². The normalized spacial score (nSPS) is 12.8. The minimum Gasteiger partial charge on any atom is -0.352 e. The molecule has 0 aliphatic heterocycles. The average molecular weight is 417 g/mol. The van der Waals surface area contributed by atoms with Gasteiger partial charge in [-0.05, 0) is 43.5 Å². The van der Waals surface area contributed by atoms with E-state index in [9.17, 15) is 14.0 Å². The van der Waals surface area contributed by atoms with E-state index in [0.29, 0.717) is 0 Å². The molecule has 0 saturated carbocycles. The molecular weight excluding hydrogens is 387 g/mol. The number of benzene rings is 2. The van der Waals surface area contributed by atoms with Crippen LogP contribution in [-0.2, 0) is 21.9 Å². The van der Waals surface area contributed by atoms with Crippen molar-refractivity contribution >= 4 is 23.6 Å². The lowest BCUT2D eigenvalue weighted by molar-refractivity contribution is -0.138. The van der Waals surface area contributed by atoms with E-state index >= 15 is 0 Å². The molecule has 0 aliphatic rings. The first-order valence-corrected chi connectivity index (χ1v) is 11.0. The second-order valence-corrected chi connectivity index (χ2v) is 8.11. The molecule has 2 amide bonds. The highest BCUT2D eigenvalue weighted by atomic mass is 32.2. The van der Waals surface area contributed by atoms with Gasteiger partial charge in [0.15, 0.2) is 0 Å². The maximum atomic E-state index is 13.2. The molecule has 29 heavy (non-hydrogen) atoms. The summed E-state index contributed by atoms with van der Waals surface area (Å²) in [6.07, 6.45) is 0.817. The molecule has 4 nitrogen and oxygen atoms in total. The fourth-order valence-corrected chi connectivity index (χ4v) is 3.62. The van der Waals surface area contributed by atoms with E-state index in [4.69, 9.17) is 0 Å². The highest BCUT2D eigenvalue weighted by Gasteiger charge is 2.26. The van der Waals surface area contributed by atoms with Crippen LogP contribution in [0.1, 0.15) is 38.3 Å². The summed E-state index contributed by atoms with van der Waals surface area (Å²) in [7, 11) is 0. The quantitative estimate of drug-likeness (QED) is 0.625. The molecule has 0 unspecified atom stereocenters. The van der Waals surface area contributed by atoms with Crippen molar-refractivity contribution in [3.05, 3.63) is 71.5 Å². The van der Waals surface area contributed by atoms with Crippen molar-refractivity contribution < 1.29 is 14.0 Å². The molecule has 0 saturated heterocycles. The first-order valence-electron chi connectivity index (χ1n) is 9.86. The van der Waals surface area contributed by atoms with E-state index < -0.39 is 6.04 Å². The van der Waals surface area contributed by atoms with Gasteiger partial charge in [-0.15, -0.1) is 11.8 Å². The van der Waals surface area contributed by atoms with Gasteiger partial charge < -0.3 is 10.2 Å². The second-order valence-electron chi connectivity index (χ2n) is 7.12. The number of nitrogens with zero attached hydrogens (tertiary/aromatic N) is 1. The number of amides is 2. The lowest BCUT2D eigenvalue weighted by atomic mass is 10.1. The third kappa shape index (κ3) is 7.54. The number of thioether (sulfide) groups is 1. The number of halogens is 1. The van der Waals surface area contributed by atoms with Gasteiger partial charge in [0.2, 0.25) is 11.8 Å². The molecule has 0 spiro atoms. The lowest BCUT2D eigenvalue weighted by Gasteiger charge is -2.29. The number of hydrogen-bond donors (Lipinski definition) is 1. The van der Waals surface area contributed by atoms with Crippen LogP contribution < -0.4 is 5.32 Å². The monoisotopic (exact) mass is 416 g/mol. The fourth-order valence-electron chi connectivity index (χ4n) is 2.75. The Morgan fingerprint density at radius 3 is 2.31 bits per heavy atom. The summed E-state index contributed by atoms with van der Waals surface area (Å²) in [4.78, 5) is 27.2. The van der Waals surface area contributed by atoms with E-state index in [1.807, 2.05) is 44.2 Å². The molecule has 0 aromatic heterocycles. The Morgan fingerprint density at radius 1 is 1.03 bits per heavy atom. The van der Waals surface area contributed by atoms with Crippen molar-refractivity contribution in [3.8, 4) is 0 Å². The van der Waals surface area contributed by atoms with Crippen molar-refractivity contribution in [2.24, 2.45) is 0 Å². The number of nitrogens with one attached hydrogen (secondary N) is 1. The van der Waals surface area contributed by atoms with Crippen LogP contribution in [0.25, 0.3) is 0 Å². The Hall–Kier alpha value is -2.34. The van der Waals surface area contributed by atoms with Crippen LogP contribution in [0, 0.1) is 5.82 Å². The van der Waals surface area contributed by atoms with Crippen LogP contribution in [0.15, 0.2) is 54.6 Å². The summed E-state index contributed by atoms with van der Waals surface area (Å²) in [6, 6.07) is 15.4. The summed E-state index contributed by atoms with van der Waals surface area (Å²) in [5.41, 5.74) is 1.94. The molecule has 2 atom stereocenters. The topological polar surface area (TPSA) is 49.4 Å². The Bertz CT molecular complexity index is 783. The zero-order chi connectivity index (χ0) is 21.2. The van der Waals surface area contributed by atoms with Gasteiger partial charge in [0, 0.05) is 18.3 Å². The minimum atomic E-state index is -0.612. The molecule has 2 aromatic carbocycles. The molecule has 0 bridgehead atoms. The SMILES string of the molecule is CC[C@@H](C)NC(=O)[C@H](C)N(Cc1ccc(F)cc1)C(=O)CSCc1ccccc1. The molecule has 156 valence electrons. The van der Waals surface area contributed by atoms with Gasteiger partial charge >= 0.3 is 0 Å². The second kappa shape index (κ2) is 11.6. The van der Waals surface area contributed by atoms with Gasteiger partial charge in [-0.25, -0.2) is 4.39 Å². The predicted molar refractivity (Wildman–Crippen MR) is 117 cm³/mol. The van der Waals surface area contributed by atoms with Crippen LogP contribution >= 0.6 is 11.8 Å². The zero-order valence-corrected chi connectivity index (χ0v) is 18.0. The van der Waals surface area contributed by atoms with Gasteiger partial charge in [0.1, 0.15) is 11.9 Å². The number of carbonyl (C=O) groups excluding carboxylic acids is 2. The van der Waals surface area contributed by atoms with E-state index in [1.54, 1.807) is 24.0 Å². The summed E-state index contributed by atoms with van der Waals surface area (Å²) in [6.45, 7) is 5.94. The Kier molecular flexibility index (Phi) is 9.19. The maximum absolute atomic E-state index is 13.2. The lowest BCUT2D eigenvalue weighted by Crippen LogP contribution is -2.50. The van der Waals surface area contributed by atoms with Crippen LogP contribution in [0.4, 0.5) is 4.39 Å². The number of rotatable bonds is 10. The van der Waals surface area contributed by atoms with E-state index in [-0.39, 0.29) is 36.0 Å². The molecule has 0 heterocycles. The van der Waals surface area contributed by atoms with Crippen molar-refractivity contribution in [1.82, 2.24) is 10.2 Å². The standard InChI is InChI=1S/C23H29FN2O2S/c1-4-17(2)25-23(28)18(3)26(14-19-10-12-21(24)13-11-19)22(27)16-29-15-20-8-6-5-7-9-20/h5-13,17-18H,4,14-16H2,1-3H3,(H,25,28)/t17-,18+/m1/s1. The van der Waals surface area contributed by atoms with Crippen LogP contribution in [0.5, 0.6) is 0 Å². The Labute approximate surface area is 176 Å². The highest BCUT2D eigenvalue weighted by molar-refractivity contribution is 7.99. The summed E-state index contributed by atoms with van der Waals surface area (Å²) < 4.78 is 13.2. The van der Waals surface area contributed by atoms with Gasteiger partial charge in [-0.1, -0.05) is 49.4 Å². The molecule has 0 fully saturated rings. The molecule has 2 aromatic rings. The maximum Gasteiger partial charge on any atom is 0.242 e. The highest BCUT2D eigenvalue weighted by Crippen LogP contribution is 2.16. The summed E-state index contributed by atoms with van der Waals surface area (Å²) in [5, 5.41) is 2.94. The van der Waals surface area contributed by atoms with Gasteiger partial charge in [-0.2, -0.15) is 0 Å². The molecule has 6 heteroatoms. The van der Waals surface area contributed by atoms with Gasteiger partial charge in [0.05, 0.1) is 5.75 Å². The molecule has 0 radical (unpaired) electrons. The third-order valence-corrected chi connectivity index (χ3v) is 5.76. The molecular formula is C23H29FN2O2S. The van der Waals surface area contributed by atoms with Gasteiger partial charge in [0.25, 0.3) is 0 Å². The van der Waals surface area contributed by atoms with Gasteiger partial charge in [-0.3, -0.25) is 9.59 Å². The number of carbonyl (C=O) groups is 2. The van der Waals surface area contributed by atoms with Crippen LogP contribution in [0.3, 0.4) is 0 Å². The Morgan fingerprint density at radius 2 is 1.69 bits per heavy atom. The smallest absolute Gasteiger partial charge is 0.242 e. The third-order valence-electron chi connectivity index (χ3n) is 4.77. The molecule has 0 aliphatic carbocycles. The van der Waals surface area contributed by atoms with Crippen molar-refractivity contribution in [2.45, 2.75) is 51.6 Å². The van der Waals surface area contributed by atoms with E-state index in [0.717, 1.165) is 23.3 Å². The van der Waals surface area contributed by atoms with Crippen LogP contribution in [-0.4, -0.2) is 34.6 Å². The minimum absolute atomic E-state index is 0.0418. The zero-order valence-electron chi connectivity index (χ0n) is 17.2. The first kappa shape index (κ1) is 22.9. The molecule has 1 N–H and O–H groups in total. The predicted octanol–water partition coefficient (Wildman–Crippen LogP) is 4.39. The Balaban J connectivity index is 2.06.